The third-order valence-corrected chi connectivity index (χ3v) is 3.86. The van der Waals surface area contributed by atoms with E-state index < -0.39 is 5.91 Å². The van der Waals surface area contributed by atoms with Crippen LogP contribution in [0.5, 0.6) is 0 Å². The fraction of sp³-hybridized carbons (Fsp3) is 0.188. The summed E-state index contributed by atoms with van der Waals surface area (Å²) in [4.78, 5) is 25.8. The van der Waals surface area contributed by atoms with Crippen LogP contribution in [-0.4, -0.2) is 33.7 Å². The van der Waals surface area contributed by atoms with Crippen LogP contribution < -0.4 is 10.2 Å². The minimum atomic E-state index is -0.541. The summed E-state index contributed by atoms with van der Waals surface area (Å²) in [6, 6.07) is 10.7. The van der Waals surface area contributed by atoms with Crippen LogP contribution >= 0.6 is 0 Å². The zero-order chi connectivity index (χ0) is 17.2. The molecule has 1 aliphatic rings. The topological polar surface area (TPSA) is 114 Å². The van der Waals surface area contributed by atoms with E-state index in [9.17, 15) is 9.59 Å². The molecule has 1 unspecified atom stereocenters. The Morgan fingerprint density at radius 3 is 2.80 bits per heavy atom. The molecule has 3 heterocycles. The molecule has 1 N–H and O–H groups in total. The van der Waals surface area contributed by atoms with Gasteiger partial charge in [0.25, 0.3) is 5.91 Å². The van der Waals surface area contributed by atoms with E-state index >= 15 is 0 Å². The van der Waals surface area contributed by atoms with E-state index in [1.807, 2.05) is 30.3 Å². The minimum Gasteiger partial charge on any atom is -0.407 e. The highest BCUT2D eigenvalue weighted by Gasteiger charge is 2.35. The Hall–Kier alpha value is -3.49. The molecule has 2 amide bonds. The molecular formula is C16H13N5O4. The van der Waals surface area contributed by atoms with Crippen LogP contribution in [-0.2, 0) is 4.79 Å². The van der Waals surface area contributed by atoms with E-state index in [1.54, 1.807) is 4.90 Å². The number of nitrogens with zero attached hydrogens (tertiary/aromatic N) is 4. The van der Waals surface area contributed by atoms with Crippen molar-refractivity contribution in [2.75, 3.05) is 16.8 Å². The summed E-state index contributed by atoms with van der Waals surface area (Å²) in [6.07, 6.45) is 1.63. The summed E-state index contributed by atoms with van der Waals surface area (Å²) in [5.74, 6) is -0.440. The Morgan fingerprint density at radius 1 is 1.20 bits per heavy atom. The Morgan fingerprint density at radius 2 is 2.04 bits per heavy atom. The highest BCUT2D eigenvalue weighted by atomic mass is 16.5. The van der Waals surface area contributed by atoms with Gasteiger partial charge in [-0.2, -0.15) is 0 Å². The lowest BCUT2D eigenvalue weighted by atomic mass is 10.1. The molecule has 4 rings (SSSR count). The van der Waals surface area contributed by atoms with Crippen molar-refractivity contribution in [2.45, 2.75) is 12.3 Å². The van der Waals surface area contributed by atoms with Gasteiger partial charge in [-0.05, 0) is 12.1 Å². The van der Waals surface area contributed by atoms with Gasteiger partial charge in [0.2, 0.25) is 17.6 Å². The molecule has 0 bridgehead atoms. The van der Waals surface area contributed by atoms with E-state index in [4.69, 9.17) is 8.94 Å². The van der Waals surface area contributed by atoms with E-state index in [0.717, 1.165) is 5.69 Å². The first-order valence-corrected chi connectivity index (χ1v) is 7.61. The average molecular weight is 339 g/mol. The van der Waals surface area contributed by atoms with Gasteiger partial charge in [0, 0.05) is 24.7 Å². The van der Waals surface area contributed by atoms with Gasteiger partial charge < -0.3 is 13.8 Å². The molecule has 9 nitrogen and oxygen atoms in total. The largest absolute Gasteiger partial charge is 0.407 e. The summed E-state index contributed by atoms with van der Waals surface area (Å²) < 4.78 is 10.2. The normalized spacial score (nSPS) is 17.0. The molecule has 2 aromatic heterocycles. The number of para-hydroxylation sites is 1. The molecule has 1 atom stereocenters. The minimum absolute atomic E-state index is 0.0124. The molecule has 0 radical (unpaired) electrons. The molecule has 25 heavy (non-hydrogen) atoms. The fourth-order valence-electron chi connectivity index (χ4n) is 2.67. The number of hydrogen-bond donors (Lipinski definition) is 1. The summed E-state index contributed by atoms with van der Waals surface area (Å²) in [6.45, 7) is 0.445. The number of carbonyl (C=O) groups is 2. The number of anilines is 2. The van der Waals surface area contributed by atoms with E-state index in [0.29, 0.717) is 12.4 Å². The number of aromatic nitrogens is 3. The third-order valence-electron chi connectivity index (χ3n) is 3.86. The molecule has 1 fully saturated rings. The standard InChI is InChI=1S/C16H13N5O4/c22-13-8-10(9-21(13)11-4-2-1-3-5-11)15-19-20-16(24-15)18-14(23)12-6-7-17-25-12/h1-7,10H,8-9H2,(H,18,20,23). The second kappa shape index (κ2) is 6.19. The lowest BCUT2D eigenvalue weighted by Gasteiger charge is -2.15. The van der Waals surface area contributed by atoms with Gasteiger partial charge in [0.15, 0.2) is 0 Å². The molecule has 1 aliphatic heterocycles. The molecule has 126 valence electrons. The molecule has 3 aromatic rings. The van der Waals surface area contributed by atoms with Crippen molar-refractivity contribution in [3.63, 3.8) is 0 Å². The summed E-state index contributed by atoms with van der Waals surface area (Å²) in [5.41, 5.74) is 0.827. The van der Waals surface area contributed by atoms with Crippen LogP contribution in [0.25, 0.3) is 0 Å². The number of carbonyl (C=O) groups excluding carboxylic acids is 2. The first-order chi connectivity index (χ1) is 12.2. The van der Waals surface area contributed by atoms with Crippen molar-refractivity contribution in [1.29, 1.82) is 0 Å². The van der Waals surface area contributed by atoms with Crippen molar-refractivity contribution in [1.82, 2.24) is 15.4 Å². The zero-order valence-corrected chi connectivity index (χ0v) is 13.0. The highest BCUT2D eigenvalue weighted by molar-refractivity contribution is 6.00. The maximum Gasteiger partial charge on any atom is 0.322 e. The number of benzene rings is 1. The number of rotatable bonds is 4. The lowest BCUT2D eigenvalue weighted by Crippen LogP contribution is -2.24. The molecule has 0 aliphatic carbocycles. The number of amides is 2. The zero-order valence-electron chi connectivity index (χ0n) is 13.0. The predicted molar refractivity (Wildman–Crippen MR) is 84.9 cm³/mol. The van der Waals surface area contributed by atoms with Crippen molar-refractivity contribution in [3.8, 4) is 0 Å². The average Bonchev–Trinajstić information content (AvgIpc) is 3.36. The molecule has 0 saturated carbocycles. The maximum atomic E-state index is 12.2. The van der Waals surface area contributed by atoms with E-state index in [2.05, 4.69) is 20.7 Å². The van der Waals surface area contributed by atoms with Gasteiger partial charge in [-0.3, -0.25) is 14.9 Å². The monoisotopic (exact) mass is 339 g/mol. The molecule has 0 spiro atoms. The maximum absolute atomic E-state index is 12.2. The van der Waals surface area contributed by atoms with E-state index in [1.165, 1.54) is 12.3 Å². The summed E-state index contributed by atoms with van der Waals surface area (Å²) in [5, 5.41) is 13.6. The van der Waals surface area contributed by atoms with Crippen molar-refractivity contribution < 1.29 is 18.5 Å². The van der Waals surface area contributed by atoms with Crippen LogP contribution in [0, 0.1) is 0 Å². The second-order valence-corrected chi connectivity index (χ2v) is 5.52. The Labute approximate surface area is 141 Å². The van der Waals surface area contributed by atoms with Crippen LogP contribution in [0.2, 0.25) is 0 Å². The quantitative estimate of drug-likeness (QED) is 0.771. The fourth-order valence-corrected chi connectivity index (χ4v) is 2.67. The molecule has 1 saturated heterocycles. The van der Waals surface area contributed by atoms with Crippen molar-refractivity contribution in [3.05, 3.63) is 54.2 Å². The SMILES string of the molecule is O=C(Nc1nnc(C2CC(=O)N(c3ccccc3)C2)o1)c1ccno1. The third kappa shape index (κ3) is 2.99. The summed E-state index contributed by atoms with van der Waals surface area (Å²) >= 11 is 0. The van der Waals surface area contributed by atoms with Gasteiger partial charge in [-0.1, -0.05) is 28.5 Å². The highest BCUT2D eigenvalue weighted by Crippen LogP contribution is 2.31. The van der Waals surface area contributed by atoms with E-state index in [-0.39, 0.29) is 30.0 Å². The molecule has 9 heteroatoms. The van der Waals surface area contributed by atoms with Gasteiger partial charge in [-0.15, -0.1) is 5.10 Å². The summed E-state index contributed by atoms with van der Waals surface area (Å²) in [7, 11) is 0. The number of hydrogen-bond acceptors (Lipinski definition) is 7. The van der Waals surface area contributed by atoms with Crippen LogP contribution in [0.3, 0.4) is 0 Å². The Bertz CT molecular complexity index is 890. The smallest absolute Gasteiger partial charge is 0.322 e. The Balaban J connectivity index is 1.46. The van der Waals surface area contributed by atoms with Crippen molar-refractivity contribution in [2.24, 2.45) is 0 Å². The van der Waals surface area contributed by atoms with Crippen LogP contribution in [0.1, 0.15) is 28.8 Å². The predicted octanol–water partition coefficient (Wildman–Crippen LogP) is 1.83. The second-order valence-electron chi connectivity index (χ2n) is 5.52. The Kier molecular flexibility index (Phi) is 3.73. The van der Waals surface area contributed by atoms with Gasteiger partial charge in [0.1, 0.15) is 0 Å². The lowest BCUT2D eigenvalue weighted by molar-refractivity contribution is -0.117. The van der Waals surface area contributed by atoms with Gasteiger partial charge >= 0.3 is 6.01 Å². The van der Waals surface area contributed by atoms with Crippen molar-refractivity contribution >= 4 is 23.5 Å². The molecule has 1 aromatic carbocycles. The van der Waals surface area contributed by atoms with Gasteiger partial charge in [0.05, 0.1) is 12.1 Å². The first kappa shape index (κ1) is 15.1. The first-order valence-electron chi connectivity index (χ1n) is 7.61. The van der Waals surface area contributed by atoms with Crippen LogP contribution in [0.15, 0.2) is 51.5 Å². The molecular weight excluding hydrogens is 326 g/mol. The van der Waals surface area contributed by atoms with Crippen LogP contribution in [0.4, 0.5) is 11.7 Å². The van der Waals surface area contributed by atoms with Gasteiger partial charge in [-0.25, -0.2) is 0 Å². The number of nitrogens with one attached hydrogen (secondary N) is 1.